The van der Waals surface area contributed by atoms with Crippen molar-refractivity contribution in [3.63, 3.8) is 0 Å². The molecule has 0 saturated carbocycles. The minimum atomic E-state index is 0.303. The van der Waals surface area contributed by atoms with Crippen molar-refractivity contribution in [2.75, 3.05) is 31.6 Å². The van der Waals surface area contributed by atoms with Gasteiger partial charge in [-0.1, -0.05) is 6.92 Å². The molecule has 27 heavy (non-hydrogen) atoms. The van der Waals surface area contributed by atoms with Crippen molar-refractivity contribution < 1.29 is 4.74 Å². The molecule has 0 aromatic carbocycles. The third-order valence-electron chi connectivity index (χ3n) is 5.75. The van der Waals surface area contributed by atoms with Gasteiger partial charge in [-0.15, -0.1) is 0 Å². The molecule has 7 nitrogen and oxygen atoms in total. The van der Waals surface area contributed by atoms with Crippen molar-refractivity contribution in [3.8, 4) is 0 Å². The normalized spacial score (nSPS) is 21.6. The summed E-state index contributed by atoms with van der Waals surface area (Å²) >= 11 is 0. The van der Waals surface area contributed by atoms with Crippen molar-refractivity contribution in [1.82, 2.24) is 25.1 Å². The van der Waals surface area contributed by atoms with Gasteiger partial charge in [-0.25, -0.2) is 9.97 Å². The summed E-state index contributed by atoms with van der Waals surface area (Å²) in [7, 11) is 0. The molecule has 2 N–H and O–H groups in total. The molecule has 2 aromatic heterocycles. The first-order chi connectivity index (χ1) is 13.3. The zero-order valence-electron chi connectivity index (χ0n) is 16.2. The molecule has 7 heteroatoms. The lowest BCUT2D eigenvalue weighted by Crippen LogP contribution is -2.32. The van der Waals surface area contributed by atoms with Gasteiger partial charge in [-0.05, 0) is 50.8 Å². The highest BCUT2D eigenvalue weighted by Crippen LogP contribution is 2.29. The highest BCUT2D eigenvalue weighted by Gasteiger charge is 2.23. The maximum Gasteiger partial charge on any atom is 0.222 e. The van der Waals surface area contributed by atoms with E-state index in [4.69, 9.17) is 4.74 Å². The molecule has 146 valence electrons. The number of rotatable bonds is 7. The SMILES string of the molecule is CCc1cn[nH]c1C1CCN(Cc2cnc(NCC3CCCO3)nc2)CC1. The summed E-state index contributed by atoms with van der Waals surface area (Å²) in [5.74, 6) is 1.30. The number of piperidine rings is 1. The van der Waals surface area contributed by atoms with Crippen LogP contribution in [0.1, 0.15) is 55.3 Å². The van der Waals surface area contributed by atoms with Gasteiger partial charge in [0, 0.05) is 49.3 Å². The van der Waals surface area contributed by atoms with Crippen LogP contribution in [0.5, 0.6) is 0 Å². The van der Waals surface area contributed by atoms with Crippen molar-refractivity contribution >= 4 is 5.95 Å². The van der Waals surface area contributed by atoms with Gasteiger partial charge in [0.2, 0.25) is 5.95 Å². The Morgan fingerprint density at radius 1 is 1.19 bits per heavy atom. The Hall–Kier alpha value is -1.99. The number of H-pyrrole nitrogens is 1. The predicted octanol–water partition coefficient (Wildman–Crippen LogP) is 2.73. The van der Waals surface area contributed by atoms with E-state index in [-0.39, 0.29) is 0 Å². The molecule has 1 atom stereocenters. The molecule has 0 aliphatic carbocycles. The predicted molar refractivity (Wildman–Crippen MR) is 105 cm³/mol. The molecule has 2 aliphatic rings. The number of nitrogens with one attached hydrogen (secondary N) is 2. The topological polar surface area (TPSA) is 79.0 Å². The summed E-state index contributed by atoms with van der Waals surface area (Å²) in [6, 6.07) is 0. The Labute approximate surface area is 160 Å². The van der Waals surface area contributed by atoms with Crippen LogP contribution in [0.15, 0.2) is 18.6 Å². The van der Waals surface area contributed by atoms with Crippen LogP contribution in [-0.2, 0) is 17.7 Å². The van der Waals surface area contributed by atoms with E-state index in [2.05, 4.69) is 37.3 Å². The van der Waals surface area contributed by atoms with Gasteiger partial charge < -0.3 is 10.1 Å². The minimum absolute atomic E-state index is 0.303. The maximum atomic E-state index is 5.62. The summed E-state index contributed by atoms with van der Waals surface area (Å²) in [5, 5.41) is 10.7. The standard InChI is InChI=1S/C20H30N6O/c1-2-16-12-24-25-19(16)17-5-7-26(8-6-17)14-15-10-21-20(22-11-15)23-13-18-4-3-9-27-18/h10-12,17-18H,2-9,13-14H2,1H3,(H,24,25)(H,21,22,23). The van der Waals surface area contributed by atoms with E-state index >= 15 is 0 Å². The summed E-state index contributed by atoms with van der Waals surface area (Å²) in [4.78, 5) is 11.4. The molecule has 2 aromatic rings. The zero-order valence-corrected chi connectivity index (χ0v) is 16.2. The van der Waals surface area contributed by atoms with Gasteiger partial charge in [-0.2, -0.15) is 5.10 Å². The summed E-state index contributed by atoms with van der Waals surface area (Å²) in [6.07, 6.45) is 11.9. The molecular formula is C20H30N6O. The van der Waals surface area contributed by atoms with Crippen LogP contribution in [0.3, 0.4) is 0 Å². The van der Waals surface area contributed by atoms with E-state index in [9.17, 15) is 0 Å². The van der Waals surface area contributed by atoms with Gasteiger partial charge in [-0.3, -0.25) is 10.00 Å². The molecule has 4 heterocycles. The Morgan fingerprint density at radius 3 is 2.70 bits per heavy atom. The Morgan fingerprint density at radius 2 is 2.00 bits per heavy atom. The van der Waals surface area contributed by atoms with Crippen LogP contribution in [0.25, 0.3) is 0 Å². The second-order valence-corrected chi connectivity index (χ2v) is 7.64. The highest BCUT2D eigenvalue weighted by atomic mass is 16.5. The van der Waals surface area contributed by atoms with Crippen molar-refractivity contribution in [3.05, 3.63) is 35.4 Å². The van der Waals surface area contributed by atoms with Crippen molar-refractivity contribution in [2.45, 2.75) is 57.6 Å². The molecule has 1 unspecified atom stereocenters. The largest absolute Gasteiger partial charge is 0.376 e. The van der Waals surface area contributed by atoms with Crippen molar-refractivity contribution in [2.24, 2.45) is 0 Å². The average Bonchev–Trinajstić information content (AvgIpc) is 3.40. The van der Waals surface area contributed by atoms with E-state index in [0.717, 1.165) is 52.0 Å². The van der Waals surface area contributed by atoms with Crippen LogP contribution in [-0.4, -0.2) is 57.4 Å². The summed E-state index contributed by atoms with van der Waals surface area (Å²) in [6.45, 7) is 6.99. The fraction of sp³-hybridized carbons (Fsp3) is 0.650. The lowest BCUT2D eigenvalue weighted by atomic mass is 9.91. The third kappa shape index (κ3) is 4.65. The Bertz CT molecular complexity index is 702. The van der Waals surface area contributed by atoms with Crippen molar-refractivity contribution in [1.29, 1.82) is 0 Å². The van der Waals surface area contributed by atoms with Crippen LogP contribution in [0.4, 0.5) is 5.95 Å². The number of hydrogen-bond donors (Lipinski definition) is 2. The number of hydrogen-bond acceptors (Lipinski definition) is 6. The summed E-state index contributed by atoms with van der Waals surface area (Å²) < 4.78 is 5.62. The number of aromatic nitrogens is 4. The van der Waals surface area contributed by atoms with Crippen LogP contribution in [0.2, 0.25) is 0 Å². The lowest BCUT2D eigenvalue weighted by Gasteiger charge is -2.31. The fourth-order valence-corrected chi connectivity index (χ4v) is 4.13. The third-order valence-corrected chi connectivity index (χ3v) is 5.75. The number of likely N-dealkylation sites (tertiary alicyclic amines) is 1. The van der Waals surface area contributed by atoms with Gasteiger partial charge in [0.25, 0.3) is 0 Å². The first-order valence-corrected chi connectivity index (χ1v) is 10.2. The molecular weight excluding hydrogens is 340 g/mol. The Balaban J connectivity index is 1.24. The van der Waals surface area contributed by atoms with Gasteiger partial charge in [0.05, 0.1) is 12.3 Å². The first kappa shape index (κ1) is 18.4. The van der Waals surface area contributed by atoms with Crippen LogP contribution < -0.4 is 5.32 Å². The smallest absolute Gasteiger partial charge is 0.222 e. The molecule has 2 saturated heterocycles. The number of aryl methyl sites for hydroxylation is 1. The molecule has 4 rings (SSSR count). The first-order valence-electron chi connectivity index (χ1n) is 10.2. The van der Waals surface area contributed by atoms with E-state index in [0.29, 0.717) is 18.0 Å². The molecule has 0 radical (unpaired) electrons. The number of nitrogens with zero attached hydrogens (tertiary/aromatic N) is 4. The van der Waals surface area contributed by atoms with E-state index in [1.165, 1.54) is 29.7 Å². The van der Waals surface area contributed by atoms with Crippen LogP contribution in [0, 0.1) is 0 Å². The Kier molecular flexibility index (Phi) is 5.99. The molecule has 0 bridgehead atoms. The zero-order chi connectivity index (χ0) is 18.5. The highest BCUT2D eigenvalue weighted by molar-refractivity contribution is 5.25. The van der Waals surface area contributed by atoms with E-state index in [1.54, 1.807) is 0 Å². The van der Waals surface area contributed by atoms with Gasteiger partial charge >= 0.3 is 0 Å². The van der Waals surface area contributed by atoms with Gasteiger partial charge in [0.15, 0.2) is 0 Å². The average molecular weight is 371 g/mol. The second kappa shape index (κ2) is 8.80. The number of aromatic amines is 1. The molecule has 2 aliphatic heterocycles. The van der Waals surface area contributed by atoms with Gasteiger partial charge in [0.1, 0.15) is 0 Å². The second-order valence-electron chi connectivity index (χ2n) is 7.64. The lowest BCUT2D eigenvalue weighted by molar-refractivity contribution is 0.120. The molecule has 0 spiro atoms. The monoisotopic (exact) mass is 370 g/mol. The number of ether oxygens (including phenoxy) is 1. The fourth-order valence-electron chi connectivity index (χ4n) is 4.13. The van der Waals surface area contributed by atoms with Crippen LogP contribution >= 0.6 is 0 Å². The maximum absolute atomic E-state index is 5.62. The quantitative estimate of drug-likeness (QED) is 0.780. The van der Waals surface area contributed by atoms with E-state index < -0.39 is 0 Å². The van der Waals surface area contributed by atoms with E-state index in [1.807, 2.05) is 18.6 Å². The number of anilines is 1. The molecule has 2 fully saturated rings. The minimum Gasteiger partial charge on any atom is -0.376 e. The molecule has 0 amide bonds. The summed E-state index contributed by atoms with van der Waals surface area (Å²) in [5.41, 5.74) is 3.89.